The Morgan fingerprint density at radius 2 is 2.20 bits per heavy atom. The van der Waals surface area contributed by atoms with Gasteiger partial charge in [0.2, 0.25) is 0 Å². The lowest BCUT2D eigenvalue weighted by Crippen LogP contribution is -2.43. The summed E-state index contributed by atoms with van der Waals surface area (Å²) >= 11 is 3.55. The zero-order chi connectivity index (χ0) is 14.5. The molecule has 5 heteroatoms. The van der Waals surface area contributed by atoms with Gasteiger partial charge in [-0.25, -0.2) is 4.79 Å². The molecule has 2 unspecified atom stereocenters. The number of aliphatic hydroxyl groups is 1. The lowest BCUT2D eigenvalue weighted by molar-refractivity contribution is 0.176. The van der Waals surface area contributed by atoms with Crippen molar-refractivity contribution in [3.63, 3.8) is 0 Å². The Labute approximate surface area is 128 Å². The van der Waals surface area contributed by atoms with Crippen LogP contribution in [0.3, 0.4) is 0 Å². The highest BCUT2D eigenvalue weighted by Gasteiger charge is 2.41. The second-order valence-electron chi connectivity index (χ2n) is 5.13. The minimum Gasteiger partial charge on any atom is -0.395 e. The molecule has 0 heterocycles. The number of carbonyl (C=O) groups is 1. The number of benzene rings is 1. The Balaban J connectivity index is 1.89. The molecule has 4 nitrogen and oxygen atoms in total. The zero-order valence-electron chi connectivity index (χ0n) is 11.7. The molecule has 110 valence electrons. The number of hydrogen-bond acceptors (Lipinski definition) is 2. The Kier molecular flexibility index (Phi) is 5.43. The summed E-state index contributed by atoms with van der Waals surface area (Å²) in [6.07, 6.45) is 1.87. The first kappa shape index (κ1) is 15.3. The molecule has 1 aliphatic carbocycles. The van der Waals surface area contributed by atoms with E-state index in [2.05, 4.69) is 27.3 Å². The summed E-state index contributed by atoms with van der Waals surface area (Å²) in [6, 6.07) is 8.28. The highest BCUT2D eigenvalue weighted by Crippen LogP contribution is 2.43. The fourth-order valence-electron chi connectivity index (χ4n) is 2.43. The van der Waals surface area contributed by atoms with Crippen LogP contribution < -0.4 is 5.32 Å². The number of rotatable bonds is 6. The van der Waals surface area contributed by atoms with Gasteiger partial charge >= 0.3 is 6.03 Å². The van der Waals surface area contributed by atoms with Crippen molar-refractivity contribution in [2.75, 3.05) is 19.7 Å². The topological polar surface area (TPSA) is 52.6 Å². The van der Waals surface area contributed by atoms with Gasteiger partial charge in [-0.1, -0.05) is 41.1 Å². The van der Waals surface area contributed by atoms with E-state index in [1.807, 2.05) is 25.1 Å². The minimum atomic E-state index is -0.0690. The summed E-state index contributed by atoms with van der Waals surface area (Å²) in [5, 5.41) is 12.1. The summed E-state index contributed by atoms with van der Waals surface area (Å²) in [5.74, 6) is 0.395. The highest BCUT2D eigenvalue weighted by atomic mass is 79.9. The lowest BCUT2D eigenvalue weighted by atomic mass is 10.1. The fraction of sp³-hybridized carbons (Fsp3) is 0.533. The molecule has 20 heavy (non-hydrogen) atoms. The van der Waals surface area contributed by atoms with E-state index in [0.29, 0.717) is 19.0 Å². The van der Waals surface area contributed by atoms with E-state index >= 15 is 0 Å². The summed E-state index contributed by atoms with van der Waals surface area (Å²) in [5.41, 5.74) is 1.25. The van der Waals surface area contributed by atoms with Crippen LogP contribution in [-0.4, -0.2) is 41.8 Å². The van der Waals surface area contributed by atoms with Crippen LogP contribution in [0.4, 0.5) is 4.79 Å². The van der Waals surface area contributed by atoms with Crippen molar-refractivity contribution in [3.05, 3.63) is 34.3 Å². The van der Waals surface area contributed by atoms with Gasteiger partial charge in [-0.2, -0.15) is 0 Å². The van der Waals surface area contributed by atoms with Gasteiger partial charge in [0.15, 0.2) is 0 Å². The highest BCUT2D eigenvalue weighted by molar-refractivity contribution is 9.10. The third-order valence-electron chi connectivity index (χ3n) is 3.55. The van der Waals surface area contributed by atoms with Crippen LogP contribution in [0.25, 0.3) is 0 Å². The Bertz CT molecular complexity index is 461. The number of amides is 2. The minimum absolute atomic E-state index is 0.00570. The first-order valence-corrected chi connectivity index (χ1v) is 7.87. The molecule has 0 saturated heterocycles. The molecule has 0 spiro atoms. The van der Waals surface area contributed by atoms with Crippen LogP contribution in [-0.2, 0) is 0 Å². The molecule has 0 radical (unpaired) electrons. The number of aliphatic hydroxyl groups excluding tert-OH is 1. The van der Waals surface area contributed by atoms with Crippen molar-refractivity contribution in [3.8, 4) is 0 Å². The van der Waals surface area contributed by atoms with Crippen molar-refractivity contribution in [2.45, 2.75) is 31.7 Å². The van der Waals surface area contributed by atoms with Crippen molar-refractivity contribution < 1.29 is 9.90 Å². The van der Waals surface area contributed by atoms with Gasteiger partial charge in [0.05, 0.1) is 6.61 Å². The standard InChI is InChI=1S/C15H21BrN2O2/c1-2-7-18(8-9-19)15(20)17-14-10-12(14)11-5-3-4-6-13(11)16/h3-6,12,14,19H,2,7-10H2,1H3,(H,17,20). The van der Waals surface area contributed by atoms with E-state index < -0.39 is 0 Å². The van der Waals surface area contributed by atoms with E-state index in [9.17, 15) is 4.79 Å². The predicted octanol–water partition coefficient (Wildman–Crippen LogP) is 2.72. The van der Waals surface area contributed by atoms with Gasteiger partial charge in [0.25, 0.3) is 0 Å². The van der Waals surface area contributed by atoms with Crippen molar-refractivity contribution in [1.29, 1.82) is 0 Å². The van der Waals surface area contributed by atoms with Crippen molar-refractivity contribution in [2.24, 2.45) is 0 Å². The molecule has 1 saturated carbocycles. The van der Waals surface area contributed by atoms with Crippen molar-refractivity contribution in [1.82, 2.24) is 10.2 Å². The van der Waals surface area contributed by atoms with Gasteiger partial charge < -0.3 is 15.3 Å². The molecule has 1 aromatic rings. The zero-order valence-corrected chi connectivity index (χ0v) is 13.3. The SMILES string of the molecule is CCCN(CCO)C(=O)NC1CC1c1ccccc1Br. The molecular formula is C15H21BrN2O2. The Morgan fingerprint density at radius 1 is 1.45 bits per heavy atom. The maximum absolute atomic E-state index is 12.1. The van der Waals surface area contributed by atoms with Gasteiger partial charge in [-0.3, -0.25) is 0 Å². The lowest BCUT2D eigenvalue weighted by Gasteiger charge is -2.21. The van der Waals surface area contributed by atoms with Crippen LogP contribution in [0.2, 0.25) is 0 Å². The smallest absolute Gasteiger partial charge is 0.317 e. The van der Waals surface area contributed by atoms with Gasteiger partial charge in [-0.05, 0) is 24.5 Å². The molecule has 0 aliphatic heterocycles. The summed E-state index contributed by atoms with van der Waals surface area (Å²) in [6.45, 7) is 3.11. The largest absolute Gasteiger partial charge is 0.395 e. The van der Waals surface area contributed by atoms with Crippen LogP contribution in [0.15, 0.2) is 28.7 Å². The third-order valence-corrected chi connectivity index (χ3v) is 4.28. The van der Waals surface area contributed by atoms with Gasteiger partial charge in [0.1, 0.15) is 0 Å². The average Bonchev–Trinajstić information content (AvgIpc) is 3.18. The number of nitrogens with zero attached hydrogens (tertiary/aromatic N) is 1. The quantitative estimate of drug-likeness (QED) is 0.836. The second-order valence-corrected chi connectivity index (χ2v) is 5.98. The van der Waals surface area contributed by atoms with Crippen LogP contribution in [0.1, 0.15) is 31.2 Å². The Morgan fingerprint density at radius 3 is 2.85 bits per heavy atom. The van der Waals surface area contributed by atoms with Crippen molar-refractivity contribution >= 4 is 22.0 Å². The maximum atomic E-state index is 12.1. The number of carbonyl (C=O) groups excluding carboxylic acids is 1. The van der Waals surface area contributed by atoms with Crippen LogP contribution in [0.5, 0.6) is 0 Å². The Hall–Kier alpha value is -1.07. The van der Waals surface area contributed by atoms with E-state index in [1.165, 1.54) is 5.56 Å². The first-order chi connectivity index (χ1) is 9.67. The molecule has 0 aromatic heterocycles. The van der Waals surface area contributed by atoms with Gasteiger partial charge in [-0.15, -0.1) is 0 Å². The third kappa shape index (κ3) is 3.73. The summed E-state index contributed by atoms with van der Waals surface area (Å²) in [4.78, 5) is 13.8. The molecule has 2 N–H and O–H groups in total. The average molecular weight is 341 g/mol. The summed E-state index contributed by atoms with van der Waals surface area (Å²) in [7, 11) is 0. The number of urea groups is 1. The molecule has 1 aliphatic rings. The number of hydrogen-bond donors (Lipinski definition) is 2. The first-order valence-electron chi connectivity index (χ1n) is 7.08. The number of nitrogens with one attached hydrogen (secondary N) is 1. The fourth-order valence-corrected chi connectivity index (χ4v) is 3.01. The molecule has 2 atom stereocenters. The summed E-state index contributed by atoms with van der Waals surface area (Å²) < 4.78 is 1.10. The van der Waals surface area contributed by atoms with E-state index in [1.54, 1.807) is 4.90 Å². The molecule has 1 aromatic carbocycles. The maximum Gasteiger partial charge on any atom is 0.317 e. The van der Waals surface area contributed by atoms with Crippen LogP contribution in [0, 0.1) is 0 Å². The molecular weight excluding hydrogens is 320 g/mol. The second kappa shape index (κ2) is 7.09. The van der Waals surface area contributed by atoms with Crippen LogP contribution >= 0.6 is 15.9 Å². The van der Waals surface area contributed by atoms with E-state index in [0.717, 1.165) is 17.3 Å². The predicted molar refractivity (Wildman–Crippen MR) is 82.8 cm³/mol. The van der Waals surface area contributed by atoms with E-state index in [-0.39, 0.29) is 18.7 Å². The molecule has 2 amide bonds. The molecule has 2 rings (SSSR count). The van der Waals surface area contributed by atoms with Gasteiger partial charge in [0, 0.05) is 29.5 Å². The molecule has 0 bridgehead atoms. The monoisotopic (exact) mass is 340 g/mol. The number of halogens is 1. The molecule has 1 fully saturated rings. The van der Waals surface area contributed by atoms with E-state index in [4.69, 9.17) is 5.11 Å². The normalized spacial score (nSPS) is 20.6.